The maximum absolute atomic E-state index is 12.5. The number of carboxylic acid groups (broad SMARTS) is 1. The van der Waals surface area contributed by atoms with Gasteiger partial charge < -0.3 is 19.9 Å². The molecule has 6 nitrogen and oxygen atoms in total. The maximum atomic E-state index is 12.5. The summed E-state index contributed by atoms with van der Waals surface area (Å²) < 4.78 is 10.9. The number of rotatable bonds is 10. The summed E-state index contributed by atoms with van der Waals surface area (Å²) in [5.74, 6) is -0.333. The van der Waals surface area contributed by atoms with Crippen LogP contribution in [-0.4, -0.2) is 36.7 Å². The summed E-state index contributed by atoms with van der Waals surface area (Å²) in [5.41, 5.74) is 0.473. The molecule has 1 aliphatic carbocycles. The Morgan fingerprint density at radius 1 is 1.11 bits per heavy atom. The third-order valence-corrected chi connectivity index (χ3v) is 8.52. The van der Waals surface area contributed by atoms with E-state index in [1.165, 1.54) is 7.11 Å². The second kappa shape index (κ2) is 11.2. The van der Waals surface area contributed by atoms with E-state index in [-0.39, 0.29) is 18.5 Å². The van der Waals surface area contributed by atoms with Crippen molar-refractivity contribution in [3.8, 4) is 5.75 Å². The number of benzene rings is 2. The third kappa shape index (κ3) is 5.93. The van der Waals surface area contributed by atoms with E-state index >= 15 is 0 Å². The van der Waals surface area contributed by atoms with Crippen molar-refractivity contribution in [2.75, 3.05) is 13.7 Å². The average Bonchev–Trinajstić information content (AvgIpc) is 3.06. The molecule has 0 unspecified atom stereocenters. The fraction of sp³-hybridized carbons (Fsp3) is 0.481. The molecule has 2 aromatic rings. The molecule has 35 heavy (non-hydrogen) atoms. The van der Waals surface area contributed by atoms with E-state index in [0.717, 1.165) is 17.5 Å². The van der Waals surface area contributed by atoms with Gasteiger partial charge in [0.2, 0.25) is 0 Å². The predicted molar refractivity (Wildman–Crippen MR) is 137 cm³/mol. The van der Waals surface area contributed by atoms with Crippen LogP contribution in [-0.2, 0) is 27.4 Å². The molecule has 0 spiro atoms. The fourth-order valence-corrected chi connectivity index (χ4v) is 5.29. The Balaban J connectivity index is 1.62. The predicted octanol–water partition coefficient (Wildman–Crippen LogP) is 5.77. The summed E-state index contributed by atoms with van der Waals surface area (Å²) >= 11 is 12.4. The highest BCUT2D eigenvalue weighted by Gasteiger charge is 2.55. The van der Waals surface area contributed by atoms with Crippen LogP contribution in [0.3, 0.4) is 0 Å². The zero-order chi connectivity index (χ0) is 25.8. The van der Waals surface area contributed by atoms with Gasteiger partial charge in [-0.1, -0.05) is 55.2 Å². The Morgan fingerprint density at radius 2 is 1.74 bits per heavy atom. The van der Waals surface area contributed by atoms with Gasteiger partial charge in [0.05, 0.1) is 12.5 Å². The molecule has 2 aromatic carbocycles. The number of methoxy groups -OCH3 is 1. The van der Waals surface area contributed by atoms with Gasteiger partial charge in [-0.3, -0.25) is 9.59 Å². The van der Waals surface area contributed by atoms with E-state index in [1.54, 1.807) is 18.2 Å². The first kappa shape index (κ1) is 27.3. The van der Waals surface area contributed by atoms with Crippen molar-refractivity contribution in [3.63, 3.8) is 0 Å². The molecule has 0 bridgehead atoms. The highest BCUT2D eigenvalue weighted by atomic mass is 35.5. The fourth-order valence-electron chi connectivity index (χ4n) is 4.79. The number of halogens is 2. The van der Waals surface area contributed by atoms with Crippen molar-refractivity contribution in [2.45, 2.75) is 52.7 Å². The summed E-state index contributed by atoms with van der Waals surface area (Å²) in [6, 6.07) is 12.3. The lowest BCUT2D eigenvalue weighted by Gasteiger charge is -2.39. The highest BCUT2D eigenvalue weighted by molar-refractivity contribution is 6.35. The van der Waals surface area contributed by atoms with Crippen LogP contribution >= 0.6 is 23.2 Å². The smallest absolute Gasteiger partial charge is 0.323 e. The second-order valence-corrected chi connectivity index (χ2v) is 10.7. The lowest BCUT2D eigenvalue weighted by atomic mass is 9.65. The summed E-state index contributed by atoms with van der Waals surface area (Å²) in [4.78, 5) is 24.4. The number of hydrogen-bond acceptors (Lipinski definition) is 5. The van der Waals surface area contributed by atoms with Gasteiger partial charge in [-0.05, 0) is 73.9 Å². The molecular weight excluding hydrogens is 489 g/mol. The zero-order valence-electron chi connectivity index (χ0n) is 20.6. The monoisotopic (exact) mass is 521 g/mol. The number of esters is 1. The van der Waals surface area contributed by atoms with E-state index in [2.05, 4.69) is 5.32 Å². The number of aliphatic carboxylic acids is 1. The Bertz CT molecular complexity index is 1040. The molecule has 1 saturated carbocycles. The first-order valence-corrected chi connectivity index (χ1v) is 12.4. The average molecular weight is 522 g/mol. The van der Waals surface area contributed by atoms with Crippen LogP contribution in [0, 0.1) is 16.7 Å². The van der Waals surface area contributed by atoms with Crippen LogP contribution < -0.4 is 10.1 Å². The van der Waals surface area contributed by atoms with Crippen molar-refractivity contribution in [1.82, 2.24) is 5.32 Å². The molecule has 190 valence electrons. The van der Waals surface area contributed by atoms with E-state index in [9.17, 15) is 14.7 Å². The van der Waals surface area contributed by atoms with Crippen LogP contribution in [0.25, 0.3) is 0 Å². The number of carbonyl (C=O) groups is 2. The van der Waals surface area contributed by atoms with Crippen LogP contribution in [0.2, 0.25) is 10.0 Å². The normalized spacial score (nSPS) is 21.9. The van der Waals surface area contributed by atoms with Gasteiger partial charge >= 0.3 is 11.9 Å². The van der Waals surface area contributed by atoms with Gasteiger partial charge in [0.15, 0.2) is 0 Å². The molecule has 0 aromatic heterocycles. The number of carbonyl (C=O) groups excluding carboxylic acids is 1. The molecule has 0 aliphatic heterocycles. The molecule has 8 heteroatoms. The summed E-state index contributed by atoms with van der Waals surface area (Å²) in [7, 11) is 1.37. The molecule has 1 fully saturated rings. The van der Waals surface area contributed by atoms with Gasteiger partial charge in [-0.15, -0.1) is 0 Å². The van der Waals surface area contributed by atoms with E-state index < -0.39 is 22.8 Å². The molecule has 3 atom stereocenters. The molecule has 0 amide bonds. The Labute approximate surface area is 216 Å². The molecule has 1 aliphatic rings. The van der Waals surface area contributed by atoms with Crippen LogP contribution in [0.5, 0.6) is 5.75 Å². The van der Waals surface area contributed by atoms with Crippen molar-refractivity contribution < 1.29 is 24.2 Å². The molecule has 2 N–H and O–H groups in total. The van der Waals surface area contributed by atoms with E-state index in [0.29, 0.717) is 35.2 Å². The van der Waals surface area contributed by atoms with E-state index in [4.69, 9.17) is 32.7 Å². The first-order chi connectivity index (χ1) is 16.5. The maximum Gasteiger partial charge on any atom is 0.323 e. The standard InChI is InChI=1S/C27H33Cl2NO5/c1-26(2)18(12-13-27(26,3)25(32)33)15-30-23(24(31)34-4)14-17-8-10-19(11-9-17)35-16-20-21(28)6-5-7-22(20)29/h5-11,18,23,30H,12-16H2,1-4H3,(H,32,33)/t18-,23+,27+/m1/s1. The first-order valence-electron chi connectivity index (χ1n) is 11.7. The largest absolute Gasteiger partial charge is 0.489 e. The lowest BCUT2D eigenvalue weighted by Crippen LogP contribution is -2.46. The van der Waals surface area contributed by atoms with Crippen LogP contribution in [0.1, 0.15) is 44.7 Å². The van der Waals surface area contributed by atoms with Crippen molar-refractivity contribution >= 4 is 35.1 Å². The minimum Gasteiger partial charge on any atom is -0.489 e. The lowest BCUT2D eigenvalue weighted by molar-refractivity contribution is -0.154. The Morgan fingerprint density at radius 3 is 2.29 bits per heavy atom. The van der Waals surface area contributed by atoms with Crippen molar-refractivity contribution in [1.29, 1.82) is 0 Å². The minimum absolute atomic E-state index is 0.128. The molecular formula is C27H33Cl2NO5. The number of carboxylic acids is 1. The van der Waals surface area contributed by atoms with Crippen LogP contribution in [0.15, 0.2) is 42.5 Å². The SMILES string of the molecule is COC(=O)[C@H](Cc1ccc(OCc2c(Cl)cccc2Cl)cc1)NC[C@H]1CC[C@@](C)(C(=O)O)C1(C)C. The number of ether oxygens (including phenoxy) is 2. The number of hydrogen-bond donors (Lipinski definition) is 2. The molecule has 0 saturated heterocycles. The van der Waals surface area contributed by atoms with E-state index in [1.807, 2.05) is 45.0 Å². The highest BCUT2D eigenvalue weighted by Crippen LogP contribution is 2.55. The minimum atomic E-state index is -0.788. The Kier molecular flexibility index (Phi) is 8.73. The Hall–Kier alpha value is -2.28. The summed E-state index contributed by atoms with van der Waals surface area (Å²) in [5, 5.41) is 14.2. The summed E-state index contributed by atoms with van der Waals surface area (Å²) in [6.45, 7) is 6.60. The van der Waals surface area contributed by atoms with Crippen molar-refractivity contribution in [3.05, 3.63) is 63.6 Å². The topological polar surface area (TPSA) is 84.9 Å². The quantitative estimate of drug-likeness (QED) is 0.386. The van der Waals surface area contributed by atoms with Gasteiger partial charge in [-0.2, -0.15) is 0 Å². The van der Waals surface area contributed by atoms with Gasteiger partial charge in [0, 0.05) is 15.6 Å². The second-order valence-electron chi connectivity index (χ2n) is 9.92. The van der Waals surface area contributed by atoms with Gasteiger partial charge in [0.1, 0.15) is 18.4 Å². The van der Waals surface area contributed by atoms with Gasteiger partial charge in [0.25, 0.3) is 0 Å². The van der Waals surface area contributed by atoms with Crippen LogP contribution in [0.4, 0.5) is 0 Å². The molecule has 0 radical (unpaired) electrons. The van der Waals surface area contributed by atoms with Crippen molar-refractivity contribution in [2.24, 2.45) is 16.7 Å². The molecule has 0 heterocycles. The van der Waals surface area contributed by atoms with Gasteiger partial charge in [-0.25, -0.2) is 0 Å². The number of nitrogens with one attached hydrogen (secondary N) is 1. The zero-order valence-corrected chi connectivity index (χ0v) is 22.1. The molecule has 3 rings (SSSR count). The third-order valence-electron chi connectivity index (χ3n) is 7.81. The summed E-state index contributed by atoms with van der Waals surface area (Å²) in [6.07, 6.45) is 1.84.